The molecule has 8 aromatic rings. The molecule has 0 bridgehead atoms. The Balaban J connectivity index is 0.826. The molecule has 0 saturated heterocycles. The average Bonchev–Trinajstić information content (AvgIpc) is 0.991. The number of rotatable bonds is 13. The van der Waals surface area contributed by atoms with Crippen LogP contribution in [-0.2, 0) is 9.59 Å². The number of carbonyl (C=O) groups excluding carboxylic acids is 6. The molecule has 14 rings (SSSR count). The van der Waals surface area contributed by atoms with Crippen molar-refractivity contribution in [1.82, 2.24) is 0 Å². The molecule has 436 valence electrons. The molecule has 0 unspecified atom stereocenters. The standard InChI is InChI=1S/C79H62N2O8/c1-43(2)56-38-62(50-18-8-9-19-50)75(63(39-56)51-20-10-11-21-51)81-77(85)60-29-17-27-58-71(68(89-47(7)83)42-66(73(58)60)79(81)87)55-36-32-49(33-37-55)48-30-34-54(35-31-48)70-57-26-16-28-59-72(57)65(41-67(70)88-46(6)82)78(86)80(76(59)84)74-45(5)69(53-24-14-15-25-53)61(44(3)4)40-64(74)52-22-12-13-23-52/h8-18,20,22,24,26-44H,19,21,23,25H2,1-7H3. The predicted octanol–water partition coefficient (Wildman–Crippen LogP) is 18.4. The van der Waals surface area contributed by atoms with Crippen LogP contribution in [-0.4, -0.2) is 35.6 Å². The number of amides is 4. The van der Waals surface area contributed by atoms with Gasteiger partial charge in [0.05, 0.1) is 22.5 Å². The summed E-state index contributed by atoms with van der Waals surface area (Å²) in [4.78, 5) is 90.2. The fourth-order valence-corrected chi connectivity index (χ4v) is 14.0. The summed E-state index contributed by atoms with van der Waals surface area (Å²) in [5, 5.41) is 2.13. The largest absolute Gasteiger partial charge is 0.426 e. The third-order valence-electron chi connectivity index (χ3n) is 18.1. The van der Waals surface area contributed by atoms with Crippen LogP contribution in [0.1, 0.15) is 159 Å². The van der Waals surface area contributed by atoms with Crippen molar-refractivity contribution < 1.29 is 38.2 Å². The lowest BCUT2D eigenvalue weighted by atomic mass is 9.82. The Kier molecular flexibility index (Phi) is 13.9. The third-order valence-corrected chi connectivity index (χ3v) is 18.1. The summed E-state index contributed by atoms with van der Waals surface area (Å²) in [6.07, 6.45) is 27.4. The summed E-state index contributed by atoms with van der Waals surface area (Å²) in [7, 11) is 0. The first-order valence-corrected chi connectivity index (χ1v) is 30.4. The maximum Gasteiger partial charge on any atom is 0.308 e. The van der Waals surface area contributed by atoms with Crippen LogP contribution < -0.4 is 19.3 Å². The van der Waals surface area contributed by atoms with E-state index in [1.807, 2.05) is 110 Å². The van der Waals surface area contributed by atoms with Gasteiger partial charge in [0.1, 0.15) is 11.5 Å². The van der Waals surface area contributed by atoms with Gasteiger partial charge in [0.15, 0.2) is 0 Å². The Bertz CT molecular complexity index is 4750. The lowest BCUT2D eigenvalue weighted by Gasteiger charge is -2.33. The number of allylic oxidation sites excluding steroid dienone is 16. The number of imide groups is 2. The zero-order valence-electron chi connectivity index (χ0n) is 50.5. The normalized spacial score (nSPS) is 15.6. The number of hydrogen-bond acceptors (Lipinski definition) is 8. The van der Waals surface area contributed by atoms with E-state index in [0.717, 1.165) is 78.8 Å². The first-order valence-electron chi connectivity index (χ1n) is 30.4. The van der Waals surface area contributed by atoms with Crippen LogP contribution in [0.4, 0.5) is 11.4 Å². The van der Waals surface area contributed by atoms with E-state index in [1.165, 1.54) is 23.6 Å². The first-order chi connectivity index (χ1) is 43.1. The molecule has 89 heavy (non-hydrogen) atoms. The van der Waals surface area contributed by atoms with E-state index in [-0.39, 0.29) is 34.5 Å². The molecule has 8 aromatic carbocycles. The molecule has 0 N–H and O–H groups in total. The van der Waals surface area contributed by atoms with E-state index in [9.17, 15) is 9.59 Å². The lowest BCUT2D eigenvalue weighted by molar-refractivity contribution is -0.132. The molecule has 4 aliphatic carbocycles. The monoisotopic (exact) mass is 1170 g/mol. The molecule has 2 aliphatic heterocycles. The van der Waals surface area contributed by atoms with Crippen molar-refractivity contribution >= 4 is 90.8 Å². The van der Waals surface area contributed by atoms with Gasteiger partial charge in [0.2, 0.25) is 0 Å². The average molecular weight is 1170 g/mol. The lowest BCUT2D eigenvalue weighted by Crippen LogP contribution is -2.41. The summed E-state index contributed by atoms with van der Waals surface area (Å²) >= 11 is 0. The van der Waals surface area contributed by atoms with Crippen LogP contribution in [0.5, 0.6) is 11.5 Å². The molecule has 0 radical (unpaired) electrons. The van der Waals surface area contributed by atoms with E-state index in [1.54, 1.807) is 30.3 Å². The number of ether oxygens (including phenoxy) is 2. The van der Waals surface area contributed by atoms with Crippen molar-refractivity contribution in [1.29, 1.82) is 0 Å². The van der Waals surface area contributed by atoms with E-state index in [4.69, 9.17) is 9.47 Å². The summed E-state index contributed by atoms with van der Waals surface area (Å²) in [5.41, 5.74) is 17.3. The van der Waals surface area contributed by atoms with E-state index in [2.05, 4.69) is 82.4 Å². The van der Waals surface area contributed by atoms with Crippen molar-refractivity contribution in [3.8, 4) is 44.9 Å². The fraction of sp³-hybridized carbons (Fsp3) is 0.165. The van der Waals surface area contributed by atoms with Gasteiger partial charge in [0, 0.05) is 63.6 Å². The van der Waals surface area contributed by atoms with Gasteiger partial charge in [-0.1, -0.05) is 173 Å². The highest BCUT2D eigenvalue weighted by Crippen LogP contribution is 2.51. The molecule has 2 heterocycles. The van der Waals surface area contributed by atoms with Gasteiger partial charge in [-0.15, -0.1) is 0 Å². The Morgan fingerprint density at radius 3 is 1.18 bits per heavy atom. The second-order valence-electron chi connectivity index (χ2n) is 24.2. The van der Waals surface area contributed by atoms with Crippen molar-refractivity contribution in [2.45, 2.75) is 86.0 Å². The highest BCUT2D eigenvalue weighted by Gasteiger charge is 2.42. The van der Waals surface area contributed by atoms with Crippen LogP contribution in [0.3, 0.4) is 0 Å². The third kappa shape index (κ3) is 9.32. The van der Waals surface area contributed by atoms with E-state index < -0.39 is 35.6 Å². The summed E-state index contributed by atoms with van der Waals surface area (Å²) in [6.45, 7) is 13.3. The molecule has 0 atom stereocenters. The second kappa shape index (κ2) is 22.0. The number of benzene rings is 8. The second-order valence-corrected chi connectivity index (χ2v) is 24.2. The maximum absolute atomic E-state index is 15.4. The number of anilines is 2. The van der Waals surface area contributed by atoms with Crippen molar-refractivity contribution in [3.63, 3.8) is 0 Å². The summed E-state index contributed by atoms with van der Waals surface area (Å²) in [5.74, 6) is -2.32. The minimum Gasteiger partial charge on any atom is -0.426 e. The minimum atomic E-state index is -0.569. The number of hydrogen-bond donors (Lipinski definition) is 0. The molecular weight excluding hydrogens is 1100 g/mol. The number of nitrogens with zero attached hydrogens (tertiary/aromatic N) is 2. The zero-order chi connectivity index (χ0) is 61.7. The molecule has 0 saturated carbocycles. The highest BCUT2D eigenvalue weighted by atomic mass is 16.5. The number of carbonyl (C=O) groups is 6. The molecule has 10 heteroatoms. The van der Waals surface area contributed by atoms with Gasteiger partial charge in [-0.2, -0.15) is 0 Å². The van der Waals surface area contributed by atoms with Crippen LogP contribution in [0.2, 0.25) is 0 Å². The fourth-order valence-electron chi connectivity index (χ4n) is 14.0. The maximum atomic E-state index is 15.4. The van der Waals surface area contributed by atoms with Gasteiger partial charge < -0.3 is 9.47 Å². The SMILES string of the molecule is CC(=O)Oc1cc2c3c(cccc3c1-c1ccc(-c3ccc(-c4c(OC(C)=O)cc5c6c(cccc46)C(=O)N(c4c(C6=CC=CC6)cc(C(C)C)c(C6=CC=CC6)c4C)C5=O)cc3)cc1)C(=O)N(c1c(C3=CC=CC3)cc(C(C)C)cc1C1=CC=CC1)C2=O. The van der Waals surface area contributed by atoms with Crippen LogP contribution in [0.15, 0.2) is 188 Å². The Hall–Kier alpha value is -10.6. The van der Waals surface area contributed by atoms with Crippen LogP contribution in [0.25, 0.3) is 77.2 Å². The first kappa shape index (κ1) is 56.2. The molecule has 0 aromatic heterocycles. The molecule has 4 amide bonds. The quantitative estimate of drug-likeness (QED) is 0.0634. The molecule has 0 spiro atoms. The smallest absolute Gasteiger partial charge is 0.308 e. The Morgan fingerprint density at radius 1 is 0.416 bits per heavy atom. The van der Waals surface area contributed by atoms with E-state index >= 15 is 19.2 Å². The highest BCUT2D eigenvalue weighted by molar-refractivity contribution is 6.39. The predicted molar refractivity (Wildman–Crippen MR) is 355 cm³/mol. The van der Waals surface area contributed by atoms with Crippen LogP contribution >= 0.6 is 0 Å². The Morgan fingerprint density at radius 2 is 0.798 bits per heavy atom. The molecule has 0 fully saturated rings. The van der Waals surface area contributed by atoms with Gasteiger partial charge >= 0.3 is 11.9 Å². The molecule has 6 aliphatic rings. The molecular formula is C79H62N2O8. The Labute approximate surface area is 516 Å². The van der Waals surface area contributed by atoms with E-state index in [0.29, 0.717) is 85.6 Å². The van der Waals surface area contributed by atoms with Crippen molar-refractivity contribution in [2.24, 2.45) is 0 Å². The number of esters is 2. The zero-order valence-corrected chi connectivity index (χ0v) is 50.5. The molecule has 10 nitrogen and oxygen atoms in total. The topological polar surface area (TPSA) is 127 Å². The van der Waals surface area contributed by atoms with Gasteiger partial charge in [-0.05, 0) is 164 Å². The minimum absolute atomic E-state index is 0.163. The summed E-state index contributed by atoms with van der Waals surface area (Å²) < 4.78 is 12.1. The van der Waals surface area contributed by atoms with Gasteiger partial charge in [0.25, 0.3) is 23.6 Å². The summed E-state index contributed by atoms with van der Waals surface area (Å²) in [6, 6.07) is 36.0. The van der Waals surface area contributed by atoms with Gasteiger partial charge in [-0.3, -0.25) is 28.8 Å². The van der Waals surface area contributed by atoms with Crippen LogP contribution in [0, 0.1) is 6.92 Å². The van der Waals surface area contributed by atoms with Gasteiger partial charge in [-0.25, -0.2) is 9.80 Å². The van der Waals surface area contributed by atoms with Crippen molar-refractivity contribution in [2.75, 3.05) is 9.80 Å². The van der Waals surface area contributed by atoms with Crippen molar-refractivity contribution in [3.05, 3.63) is 249 Å².